The molecule has 11 heteroatoms. The first-order valence-corrected chi connectivity index (χ1v) is 14.2. The summed E-state index contributed by atoms with van der Waals surface area (Å²) in [5.41, 5.74) is 0.0419. The number of rotatable bonds is 8. The molecule has 206 valence electrons. The van der Waals surface area contributed by atoms with E-state index >= 15 is 0 Å². The van der Waals surface area contributed by atoms with Crippen molar-refractivity contribution < 1.29 is 22.7 Å². The maximum Gasteiger partial charge on any atom is 0.407 e. The molecule has 0 fully saturated rings. The van der Waals surface area contributed by atoms with Gasteiger partial charge in [0.1, 0.15) is 10.5 Å². The van der Waals surface area contributed by atoms with E-state index in [0.29, 0.717) is 29.9 Å². The van der Waals surface area contributed by atoms with Crippen molar-refractivity contribution in [3.05, 3.63) is 34.6 Å². The zero-order valence-electron chi connectivity index (χ0n) is 23.2. The predicted molar refractivity (Wildman–Crippen MR) is 145 cm³/mol. The first-order valence-electron chi connectivity index (χ1n) is 12.3. The highest BCUT2D eigenvalue weighted by molar-refractivity contribution is 7.91. The fourth-order valence-electron chi connectivity index (χ4n) is 3.58. The average Bonchev–Trinajstić information content (AvgIpc) is 3.10. The Balaban J connectivity index is 2.41. The highest BCUT2D eigenvalue weighted by Gasteiger charge is 2.30. The lowest BCUT2D eigenvalue weighted by atomic mass is 9.95. The number of aryl methyl sites for hydroxylation is 1. The number of ether oxygens (including phenoxy) is 1. The van der Waals surface area contributed by atoms with Crippen LogP contribution in [0.25, 0.3) is 0 Å². The molecule has 2 N–H and O–H groups in total. The smallest absolute Gasteiger partial charge is 0.407 e. The Hall–Kier alpha value is -2.59. The van der Waals surface area contributed by atoms with Gasteiger partial charge in [-0.2, -0.15) is 5.10 Å². The van der Waals surface area contributed by atoms with E-state index in [1.807, 2.05) is 13.8 Å². The van der Waals surface area contributed by atoms with Crippen LogP contribution >= 0.6 is 11.6 Å². The fraction of sp³-hybridized carbons (Fsp3) is 0.577. The minimum absolute atomic E-state index is 0.00939. The molecule has 0 aliphatic heterocycles. The van der Waals surface area contributed by atoms with Gasteiger partial charge < -0.3 is 15.4 Å². The molecule has 2 aromatic rings. The van der Waals surface area contributed by atoms with Gasteiger partial charge in [-0.25, -0.2) is 13.2 Å². The van der Waals surface area contributed by atoms with Gasteiger partial charge in [-0.1, -0.05) is 46.2 Å². The molecule has 2 amide bonds. The summed E-state index contributed by atoms with van der Waals surface area (Å²) in [4.78, 5) is 24.7. The van der Waals surface area contributed by atoms with Crippen LogP contribution in [0.2, 0.25) is 5.02 Å². The Labute approximate surface area is 225 Å². The molecule has 1 heterocycles. The summed E-state index contributed by atoms with van der Waals surface area (Å²) >= 11 is 6.38. The maximum atomic E-state index is 13.8. The van der Waals surface area contributed by atoms with Crippen molar-refractivity contribution in [2.24, 2.45) is 5.41 Å². The van der Waals surface area contributed by atoms with E-state index in [4.69, 9.17) is 16.3 Å². The first kappa shape index (κ1) is 30.6. The molecular weight excluding hydrogens is 516 g/mol. The van der Waals surface area contributed by atoms with Crippen LogP contribution in [0.3, 0.4) is 0 Å². The molecular formula is C26H39ClN4O5S. The van der Waals surface area contributed by atoms with Gasteiger partial charge in [-0.3, -0.25) is 9.48 Å². The SMILES string of the molecule is CCc1nn(C[C@H](C)NC(=O)OC(C)(C)C)c(CC)c1S(=O)(=O)c1ccc(NC(=O)C(C)(C)C)c(Cl)c1. The number of carbonyl (C=O) groups is 2. The number of nitrogens with one attached hydrogen (secondary N) is 2. The standard InChI is InChI=1S/C26H39ClN4O5S/c1-10-19-22(21(11-2)31(30-19)15-16(3)28-24(33)36-26(7,8)9)37(34,35)17-12-13-20(18(27)14-17)29-23(32)25(4,5)6/h12-14,16H,10-11,15H2,1-9H3,(H,28,33)(H,29,32)/t16-/m0/s1. The van der Waals surface area contributed by atoms with Crippen LogP contribution in [0.5, 0.6) is 0 Å². The third-order valence-corrected chi connectivity index (χ3v) is 7.60. The minimum Gasteiger partial charge on any atom is -0.444 e. The van der Waals surface area contributed by atoms with E-state index < -0.39 is 26.9 Å². The monoisotopic (exact) mass is 554 g/mol. The molecule has 37 heavy (non-hydrogen) atoms. The Bertz CT molecular complexity index is 1260. The molecule has 1 aromatic carbocycles. The van der Waals surface area contributed by atoms with Gasteiger partial charge in [0, 0.05) is 11.5 Å². The summed E-state index contributed by atoms with van der Waals surface area (Å²) in [5.74, 6) is -0.234. The number of anilines is 1. The van der Waals surface area contributed by atoms with E-state index in [9.17, 15) is 18.0 Å². The number of sulfone groups is 1. The lowest BCUT2D eigenvalue weighted by molar-refractivity contribution is -0.123. The molecule has 0 aliphatic rings. The molecule has 1 aromatic heterocycles. The number of halogens is 1. The van der Waals surface area contributed by atoms with Crippen molar-refractivity contribution in [1.29, 1.82) is 0 Å². The van der Waals surface area contributed by atoms with E-state index in [1.165, 1.54) is 18.2 Å². The number of amides is 2. The number of nitrogens with zero attached hydrogens (tertiary/aromatic N) is 2. The highest BCUT2D eigenvalue weighted by Crippen LogP contribution is 2.33. The van der Waals surface area contributed by atoms with Gasteiger partial charge >= 0.3 is 6.09 Å². The molecule has 0 saturated heterocycles. The summed E-state index contributed by atoms with van der Waals surface area (Å²) in [6.07, 6.45) is 0.256. The third kappa shape index (κ3) is 7.70. The van der Waals surface area contributed by atoms with Crippen LogP contribution in [0.1, 0.15) is 73.7 Å². The van der Waals surface area contributed by atoms with Crippen LogP contribution in [-0.2, 0) is 38.8 Å². The molecule has 0 unspecified atom stereocenters. The minimum atomic E-state index is -3.98. The second-order valence-electron chi connectivity index (χ2n) is 11.0. The maximum absolute atomic E-state index is 13.8. The lowest BCUT2D eigenvalue weighted by Crippen LogP contribution is -2.40. The quantitative estimate of drug-likeness (QED) is 0.451. The van der Waals surface area contributed by atoms with Crippen molar-refractivity contribution >= 4 is 39.1 Å². The molecule has 0 aliphatic carbocycles. The van der Waals surface area contributed by atoms with Crippen LogP contribution in [-0.4, -0.2) is 41.8 Å². The zero-order chi connectivity index (χ0) is 28.3. The number of hydrogen-bond acceptors (Lipinski definition) is 6. The first-order chi connectivity index (χ1) is 16.9. The largest absolute Gasteiger partial charge is 0.444 e. The number of aromatic nitrogens is 2. The Morgan fingerprint density at radius 3 is 2.22 bits per heavy atom. The lowest BCUT2D eigenvalue weighted by Gasteiger charge is -2.22. The number of alkyl carbamates (subject to hydrolysis) is 1. The molecule has 9 nitrogen and oxygen atoms in total. The fourth-order valence-corrected chi connectivity index (χ4v) is 5.68. The van der Waals surface area contributed by atoms with Crippen LogP contribution in [0.15, 0.2) is 28.0 Å². The van der Waals surface area contributed by atoms with Gasteiger partial charge in [-0.15, -0.1) is 0 Å². The predicted octanol–water partition coefficient (Wildman–Crippen LogP) is 5.39. The van der Waals surface area contributed by atoms with Gasteiger partial charge in [0.2, 0.25) is 15.7 Å². The van der Waals surface area contributed by atoms with E-state index in [-0.39, 0.29) is 33.3 Å². The normalized spacial score (nSPS) is 13.2. The summed E-state index contributed by atoms with van der Waals surface area (Å²) in [7, 11) is -3.98. The summed E-state index contributed by atoms with van der Waals surface area (Å²) in [5, 5.41) is 10.2. The van der Waals surface area contributed by atoms with Crippen molar-refractivity contribution in [3.63, 3.8) is 0 Å². The summed E-state index contributed by atoms with van der Waals surface area (Å²) < 4.78 is 34.5. The molecule has 0 saturated carbocycles. The van der Waals surface area contributed by atoms with Crippen molar-refractivity contribution in [2.45, 2.75) is 103 Å². The van der Waals surface area contributed by atoms with Gasteiger partial charge in [0.25, 0.3) is 0 Å². The van der Waals surface area contributed by atoms with E-state index in [2.05, 4.69) is 15.7 Å². The molecule has 1 atom stereocenters. The van der Waals surface area contributed by atoms with E-state index in [1.54, 1.807) is 53.1 Å². The zero-order valence-corrected chi connectivity index (χ0v) is 24.7. The Kier molecular flexibility index (Phi) is 9.46. The van der Waals surface area contributed by atoms with Gasteiger partial charge in [0.05, 0.1) is 33.5 Å². The van der Waals surface area contributed by atoms with E-state index in [0.717, 1.165) is 0 Å². The second-order valence-corrected chi connectivity index (χ2v) is 13.3. The second kappa shape index (κ2) is 11.4. The van der Waals surface area contributed by atoms with Gasteiger partial charge in [-0.05, 0) is 58.7 Å². The van der Waals surface area contributed by atoms with Crippen molar-refractivity contribution in [2.75, 3.05) is 5.32 Å². The third-order valence-electron chi connectivity index (χ3n) is 5.41. The topological polar surface area (TPSA) is 119 Å². The van der Waals surface area contributed by atoms with Crippen LogP contribution < -0.4 is 10.6 Å². The van der Waals surface area contributed by atoms with Crippen LogP contribution in [0.4, 0.5) is 10.5 Å². The molecule has 0 bridgehead atoms. The molecule has 0 spiro atoms. The molecule has 2 rings (SSSR count). The number of benzene rings is 1. The van der Waals surface area contributed by atoms with Crippen LogP contribution in [0, 0.1) is 5.41 Å². The highest BCUT2D eigenvalue weighted by atomic mass is 35.5. The van der Waals surface area contributed by atoms with Gasteiger partial charge in [0.15, 0.2) is 0 Å². The average molecular weight is 555 g/mol. The number of carbonyl (C=O) groups excluding carboxylic acids is 2. The Morgan fingerprint density at radius 2 is 1.73 bits per heavy atom. The number of hydrogen-bond donors (Lipinski definition) is 2. The molecule has 0 radical (unpaired) electrons. The van der Waals surface area contributed by atoms with Crippen molar-refractivity contribution in [1.82, 2.24) is 15.1 Å². The van der Waals surface area contributed by atoms with Crippen molar-refractivity contribution in [3.8, 4) is 0 Å². The summed E-state index contributed by atoms with van der Waals surface area (Å²) in [6, 6.07) is 3.91. The summed E-state index contributed by atoms with van der Waals surface area (Å²) in [6.45, 7) is 16.4. The Morgan fingerprint density at radius 1 is 1.11 bits per heavy atom.